The molecule has 0 amide bonds. The van der Waals surface area contributed by atoms with Crippen molar-refractivity contribution in [1.29, 1.82) is 0 Å². The van der Waals surface area contributed by atoms with E-state index in [1.165, 1.54) is 0 Å². The van der Waals surface area contributed by atoms with E-state index in [2.05, 4.69) is 20.3 Å². The first-order valence-electron chi connectivity index (χ1n) is 5.48. The number of hydrogen-bond acceptors (Lipinski definition) is 5. The van der Waals surface area contributed by atoms with E-state index < -0.39 is 0 Å². The van der Waals surface area contributed by atoms with E-state index in [1.54, 1.807) is 22.6 Å². The van der Waals surface area contributed by atoms with Gasteiger partial charge in [-0.3, -0.25) is 5.10 Å². The number of nitrogens with one attached hydrogen (secondary N) is 1. The van der Waals surface area contributed by atoms with Crippen LogP contribution in [0.4, 0.5) is 0 Å². The maximum atomic E-state index is 5.59. The monoisotopic (exact) mass is 261 g/mol. The fraction of sp³-hybridized carbons (Fsp3) is 0.182. The maximum absolute atomic E-state index is 5.59. The molecule has 2 heterocycles. The highest BCUT2D eigenvalue weighted by Crippen LogP contribution is 2.15. The summed E-state index contributed by atoms with van der Waals surface area (Å²) < 4.78 is 7.34. The van der Waals surface area contributed by atoms with Gasteiger partial charge in [-0.1, -0.05) is 30.0 Å². The van der Waals surface area contributed by atoms with Crippen LogP contribution in [0.5, 0.6) is 5.75 Å². The van der Waals surface area contributed by atoms with Crippen LogP contribution in [0.2, 0.25) is 0 Å². The van der Waals surface area contributed by atoms with Gasteiger partial charge in [0.2, 0.25) is 5.16 Å². The van der Waals surface area contributed by atoms with Crippen LogP contribution in [0.15, 0.2) is 41.8 Å². The van der Waals surface area contributed by atoms with Crippen molar-refractivity contribution in [3.8, 4) is 5.75 Å². The molecule has 18 heavy (non-hydrogen) atoms. The van der Waals surface area contributed by atoms with Crippen LogP contribution >= 0.6 is 11.8 Å². The van der Waals surface area contributed by atoms with Crippen LogP contribution in [-0.4, -0.2) is 37.2 Å². The zero-order valence-electron chi connectivity index (χ0n) is 9.48. The molecule has 0 bridgehead atoms. The number of thioether (sulfide) groups is 1. The van der Waals surface area contributed by atoms with Gasteiger partial charge in [-0.2, -0.15) is 9.50 Å². The van der Waals surface area contributed by atoms with Crippen LogP contribution in [0.25, 0.3) is 5.78 Å². The minimum atomic E-state index is 0.585. The minimum Gasteiger partial charge on any atom is -0.493 e. The Morgan fingerprint density at radius 2 is 2.11 bits per heavy atom. The van der Waals surface area contributed by atoms with Gasteiger partial charge in [0, 0.05) is 5.75 Å². The number of hydrogen-bond donors (Lipinski definition) is 1. The summed E-state index contributed by atoms with van der Waals surface area (Å²) in [7, 11) is 0. The number of ether oxygens (including phenoxy) is 1. The van der Waals surface area contributed by atoms with Crippen LogP contribution in [-0.2, 0) is 0 Å². The van der Waals surface area contributed by atoms with E-state index >= 15 is 0 Å². The number of benzene rings is 1. The number of aromatic nitrogens is 5. The zero-order chi connectivity index (χ0) is 12.2. The summed E-state index contributed by atoms with van der Waals surface area (Å²) in [4.78, 5) is 4.00. The van der Waals surface area contributed by atoms with E-state index in [0.29, 0.717) is 12.4 Å². The number of nitrogens with zero attached hydrogens (tertiary/aromatic N) is 4. The average Bonchev–Trinajstić information content (AvgIpc) is 3.00. The molecule has 1 aromatic carbocycles. The first-order chi connectivity index (χ1) is 8.93. The van der Waals surface area contributed by atoms with E-state index in [9.17, 15) is 0 Å². The Morgan fingerprint density at radius 3 is 3.00 bits per heavy atom. The molecule has 3 rings (SSSR count). The summed E-state index contributed by atoms with van der Waals surface area (Å²) in [5.74, 6) is 2.27. The molecular weight excluding hydrogens is 250 g/mol. The van der Waals surface area contributed by atoms with Crippen molar-refractivity contribution in [2.45, 2.75) is 5.16 Å². The van der Waals surface area contributed by atoms with E-state index in [1.807, 2.05) is 30.3 Å². The second-order valence-corrected chi connectivity index (χ2v) is 4.58. The molecule has 0 atom stereocenters. The predicted molar refractivity (Wildman–Crippen MR) is 67.8 cm³/mol. The Balaban J connectivity index is 1.52. The fourth-order valence-electron chi connectivity index (χ4n) is 1.51. The lowest BCUT2D eigenvalue weighted by Crippen LogP contribution is -2.00. The molecule has 92 valence electrons. The van der Waals surface area contributed by atoms with Gasteiger partial charge < -0.3 is 4.74 Å². The van der Waals surface area contributed by atoms with Gasteiger partial charge in [0.05, 0.1) is 6.61 Å². The lowest BCUT2D eigenvalue weighted by Gasteiger charge is -2.04. The highest BCUT2D eigenvalue weighted by molar-refractivity contribution is 7.99. The highest BCUT2D eigenvalue weighted by Gasteiger charge is 2.06. The van der Waals surface area contributed by atoms with E-state index in [-0.39, 0.29) is 0 Å². The number of rotatable bonds is 5. The van der Waals surface area contributed by atoms with Gasteiger partial charge >= 0.3 is 0 Å². The normalized spacial score (nSPS) is 10.9. The molecule has 0 fully saturated rings. The quantitative estimate of drug-likeness (QED) is 0.558. The molecule has 0 saturated carbocycles. The lowest BCUT2D eigenvalue weighted by molar-refractivity contribution is 0.344. The molecule has 7 heteroatoms. The van der Waals surface area contributed by atoms with Crippen LogP contribution in [0, 0.1) is 0 Å². The Labute approximate surface area is 107 Å². The summed E-state index contributed by atoms with van der Waals surface area (Å²) in [6.07, 6.45) is 1.59. The Hall–Kier alpha value is -2.02. The highest BCUT2D eigenvalue weighted by atomic mass is 32.2. The van der Waals surface area contributed by atoms with E-state index in [4.69, 9.17) is 4.74 Å². The molecule has 2 aromatic heterocycles. The third-order valence-corrected chi connectivity index (χ3v) is 3.20. The molecule has 3 aromatic rings. The van der Waals surface area contributed by atoms with Crippen LogP contribution in [0.1, 0.15) is 0 Å². The summed E-state index contributed by atoms with van der Waals surface area (Å²) in [6.45, 7) is 0.623. The number of para-hydroxylation sites is 1. The molecule has 0 aliphatic rings. The maximum Gasteiger partial charge on any atom is 0.272 e. The molecule has 6 nitrogen and oxygen atoms in total. The van der Waals surface area contributed by atoms with Crippen molar-refractivity contribution >= 4 is 17.5 Å². The van der Waals surface area contributed by atoms with Crippen molar-refractivity contribution in [2.24, 2.45) is 0 Å². The molecule has 0 spiro atoms. The number of H-pyrrole nitrogens is 1. The van der Waals surface area contributed by atoms with Crippen molar-refractivity contribution in [2.75, 3.05) is 12.4 Å². The van der Waals surface area contributed by atoms with Gasteiger partial charge in [0.15, 0.2) is 0 Å². The molecule has 0 unspecified atom stereocenters. The Kier molecular flexibility index (Phi) is 3.14. The van der Waals surface area contributed by atoms with Crippen LogP contribution < -0.4 is 4.74 Å². The summed E-state index contributed by atoms with van der Waals surface area (Å²) >= 11 is 1.57. The summed E-state index contributed by atoms with van der Waals surface area (Å²) in [5.41, 5.74) is 0. The number of aromatic amines is 1. The minimum absolute atomic E-state index is 0.585. The van der Waals surface area contributed by atoms with Gasteiger partial charge in [-0.15, -0.1) is 10.2 Å². The Morgan fingerprint density at radius 1 is 1.22 bits per heavy atom. The average molecular weight is 261 g/mol. The van der Waals surface area contributed by atoms with Gasteiger partial charge in [-0.25, -0.2) is 0 Å². The van der Waals surface area contributed by atoms with Gasteiger partial charge in [-0.05, 0) is 12.1 Å². The van der Waals surface area contributed by atoms with Crippen molar-refractivity contribution < 1.29 is 4.74 Å². The fourth-order valence-corrected chi connectivity index (χ4v) is 2.22. The third kappa shape index (κ3) is 2.30. The molecule has 0 saturated heterocycles. The molecule has 0 aliphatic heterocycles. The van der Waals surface area contributed by atoms with Gasteiger partial charge in [0.25, 0.3) is 5.78 Å². The first kappa shape index (κ1) is 11.1. The smallest absolute Gasteiger partial charge is 0.272 e. The van der Waals surface area contributed by atoms with Crippen molar-refractivity contribution in [3.05, 3.63) is 36.7 Å². The second-order valence-electron chi connectivity index (χ2n) is 3.52. The largest absolute Gasteiger partial charge is 0.493 e. The molecule has 0 radical (unpaired) electrons. The van der Waals surface area contributed by atoms with Crippen molar-refractivity contribution in [1.82, 2.24) is 24.8 Å². The summed E-state index contributed by atoms with van der Waals surface area (Å²) in [5, 5.41) is 11.7. The first-order valence-corrected chi connectivity index (χ1v) is 6.47. The SMILES string of the molecule is c1ccc(OCCSc2nnc3nc[nH]n23)cc1. The van der Waals surface area contributed by atoms with Crippen LogP contribution in [0.3, 0.4) is 0 Å². The topological polar surface area (TPSA) is 68.1 Å². The van der Waals surface area contributed by atoms with Crippen molar-refractivity contribution in [3.63, 3.8) is 0 Å². The third-order valence-electron chi connectivity index (χ3n) is 2.31. The molecular formula is C11H11N5OS. The predicted octanol–water partition coefficient (Wildman–Crippen LogP) is 1.62. The van der Waals surface area contributed by atoms with Gasteiger partial charge in [0.1, 0.15) is 12.1 Å². The van der Waals surface area contributed by atoms with E-state index in [0.717, 1.165) is 16.7 Å². The molecule has 1 N–H and O–H groups in total. The number of fused-ring (bicyclic) bond motifs is 1. The molecule has 0 aliphatic carbocycles. The lowest BCUT2D eigenvalue weighted by atomic mass is 10.3. The second kappa shape index (κ2) is 5.09. The summed E-state index contributed by atoms with van der Waals surface area (Å²) in [6, 6.07) is 9.75. The standard InChI is InChI=1S/C11H11N5OS/c1-2-4-9(5-3-1)17-6-7-18-11-15-14-10-12-8-13-16(10)11/h1-5,8H,6-7H2,(H,12,13,14). The zero-order valence-corrected chi connectivity index (χ0v) is 10.3. The Bertz CT molecular complexity index is 620.